The first-order valence-corrected chi connectivity index (χ1v) is 8.29. The van der Waals surface area contributed by atoms with Crippen LogP contribution in [0, 0.1) is 6.92 Å². The van der Waals surface area contributed by atoms with Gasteiger partial charge >= 0.3 is 0 Å². The second kappa shape index (κ2) is 7.65. The van der Waals surface area contributed by atoms with Gasteiger partial charge in [-0.15, -0.1) is 0 Å². The predicted molar refractivity (Wildman–Crippen MR) is 100 cm³/mol. The topological polar surface area (TPSA) is 73.2 Å². The number of ether oxygens (including phenoxy) is 1. The Morgan fingerprint density at radius 1 is 1.12 bits per heavy atom. The van der Waals surface area contributed by atoms with Crippen molar-refractivity contribution in [2.75, 3.05) is 11.9 Å². The first-order valence-electron chi connectivity index (χ1n) is 8.29. The van der Waals surface area contributed by atoms with Crippen LogP contribution in [0.3, 0.4) is 0 Å². The Bertz CT molecular complexity index is 981. The minimum Gasteiger partial charge on any atom is -0.492 e. The van der Waals surface area contributed by atoms with Crippen LogP contribution in [0.25, 0.3) is 5.69 Å². The monoisotopic (exact) mass is 349 g/mol. The van der Waals surface area contributed by atoms with E-state index in [0.29, 0.717) is 23.7 Å². The molecule has 1 amide bonds. The summed E-state index contributed by atoms with van der Waals surface area (Å²) in [6, 6.07) is 17.2. The molecule has 132 valence electrons. The molecule has 0 aliphatic rings. The van der Waals surface area contributed by atoms with Gasteiger partial charge in [0.25, 0.3) is 11.5 Å². The minimum absolute atomic E-state index is 0.136. The molecule has 0 fully saturated rings. The Kier molecular flexibility index (Phi) is 5.12. The molecule has 0 radical (unpaired) electrons. The maximum Gasteiger partial charge on any atom is 0.276 e. The van der Waals surface area contributed by atoms with Crippen molar-refractivity contribution in [3.63, 3.8) is 0 Å². The minimum atomic E-state index is -0.417. The molecule has 0 saturated heterocycles. The molecule has 0 bridgehead atoms. The lowest BCUT2D eigenvalue weighted by atomic mass is 10.2. The molecular weight excluding hydrogens is 330 g/mol. The number of rotatable bonds is 5. The molecule has 0 saturated carbocycles. The molecule has 0 atom stereocenters. The van der Waals surface area contributed by atoms with E-state index >= 15 is 0 Å². The lowest BCUT2D eigenvalue weighted by Gasteiger charge is -2.12. The van der Waals surface area contributed by atoms with Gasteiger partial charge < -0.3 is 10.1 Å². The number of para-hydroxylation sites is 1. The van der Waals surface area contributed by atoms with Crippen molar-refractivity contribution in [1.82, 2.24) is 9.78 Å². The number of aromatic nitrogens is 2. The van der Waals surface area contributed by atoms with E-state index in [2.05, 4.69) is 10.4 Å². The molecule has 3 aromatic rings. The Hall–Kier alpha value is -3.41. The van der Waals surface area contributed by atoms with Crippen LogP contribution in [-0.2, 0) is 0 Å². The summed E-state index contributed by atoms with van der Waals surface area (Å²) in [7, 11) is 0. The molecule has 0 aliphatic carbocycles. The molecule has 1 N–H and O–H groups in total. The lowest BCUT2D eigenvalue weighted by molar-refractivity contribution is 0.102. The standard InChI is InChI=1S/C20H19N3O3/c1-3-26-18-13-14(2)9-10-16(18)21-20(25)17-11-12-19(24)23(22-17)15-7-5-4-6-8-15/h4-13H,3H2,1-2H3,(H,21,25). The van der Waals surface area contributed by atoms with Crippen LogP contribution < -0.4 is 15.6 Å². The zero-order valence-corrected chi connectivity index (χ0v) is 14.6. The Balaban J connectivity index is 1.91. The van der Waals surface area contributed by atoms with Gasteiger partial charge in [-0.2, -0.15) is 9.78 Å². The van der Waals surface area contributed by atoms with Gasteiger partial charge in [-0.3, -0.25) is 9.59 Å². The average molecular weight is 349 g/mol. The van der Waals surface area contributed by atoms with Crippen molar-refractivity contribution in [2.45, 2.75) is 13.8 Å². The van der Waals surface area contributed by atoms with Gasteiger partial charge in [0.15, 0.2) is 0 Å². The van der Waals surface area contributed by atoms with Gasteiger partial charge in [0.2, 0.25) is 0 Å². The summed E-state index contributed by atoms with van der Waals surface area (Å²) in [5, 5.41) is 6.98. The highest BCUT2D eigenvalue weighted by Crippen LogP contribution is 2.26. The van der Waals surface area contributed by atoms with Crippen molar-refractivity contribution in [1.29, 1.82) is 0 Å². The first-order chi connectivity index (χ1) is 12.6. The maximum absolute atomic E-state index is 12.6. The molecule has 6 nitrogen and oxygen atoms in total. The number of anilines is 1. The third-order valence-corrected chi connectivity index (χ3v) is 3.72. The first kappa shape index (κ1) is 17.4. The van der Waals surface area contributed by atoms with Crippen LogP contribution in [0.2, 0.25) is 0 Å². The van der Waals surface area contributed by atoms with Crippen molar-refractivity contribution >= 4 is 11.6 Å². The smallest absolute Gasteiger partial charge is 0.276 e. The van der Waals surface area contributed by atoms with Gasteiger partial charge in [0.1, 0.15) is 11.4 Å². The van der Waals surface area contributed by atoms with E-state index in [9.17, 15) is 9.59 Å². The average Bonchev–Trinajstić information content (AvgIpc) is 2.65. The number of hydrogen-bond acceptors (Lipinski definition) is 4. The largest absolute Gasteiger partial charge is 0.492 e. The highest BCUT2D eigenvalue weighted by Gasteiger charge is 2.13. The van der Waals surface area contributed by atoms with E-state index in [1.54, 1.807) is 30.3 Å². The van der Waals surface area contributed by atoms with Crippen molar-refractivity contribution in [3.8, 4) is 11.4 Å². The number of aryl methyl sites for hydroxylation is 1. The van der Waals surface area contributed by atoms with Crippen LogP contribution in [0.4, 0.5) is 5.69 Å². The summed E-state index contributed by atoms with van der Waals surface area (Å²) in [5.41, 5.74) is 2.01. The second-order valence-electron chi connectivity index (χ2n) is 5.69. The fourth-order valence-corrected chi connectivity index (χ4v) is 2.48. The second-order valence-corrected chi connectivity index (χ2v) is 5.69. The molecule has 2 aromatic carbocycles. The molecular formula is C20H19N3O3. The number of benzene rings is 2. The van der Waals surface area contributed by atoms with Crippen LogP contribution in [0.1, 0.15) is 23.0 Å². The molecule has 1 aromatic heterocycles. The third-order valence-electron chi connectivity index (χ3n) is 3.72. The van der Waals surface area contributed by atoms with Crippen molar-refractivity contribution in [3.05, 3.63) is 82.3 Å². The molecule has 0 unspecified atom stereocenters. The van der Waals surface area contributed by atoms with E-state index < -0.39 is 5.91 Å². The van der Waals surface area contributed by atoms with E-state index in [0.717, 1.165) is 5.56 Å². The van der Waals surface area contributed by atoms with E-state index in [1.807, 2.05) is 32.0 Å². The third kappa shape index (κ3) is 3.80. The Morgan fingerprint density at radius 3 is 2.62 bits per heavy atom. The Labute approximate surface area is 151 Å². The highest BCUT2D eigenvalue weighted by molar-refractivity contribution is 6.03. The fraction of sp³-hybridized carbons (Fsp3) is 0.150. The summed E-state index contributed by atoms with van der Waals surface area (Å²) in [6.45, 7) is 4.32. The zero-order valence-electron chi connectivity index (χ0n) is 14.6. The molecule has 6 heteroatoms. The highest BCUT2D eigenvalue weighted by atomic mass is 16.5. The fourth-order valence-electron chi connectivity index (χ4n) is 2.48. The summed E-state index contributed by atoms with van der Waals surface area (Å²) < 4.78 is 6.78. The zero-order chi connectivity index (χ0) is 18.5. The van der Waals surface area contributed by atoms with Crippen LogP contribution in [0.15, 0.2) is 65.5 Å². The quantitative estimate of drug-likeness (QED) is 0.768. The van der Waals surface area contributed by atoms with Gasteiger partial charge in [0, 0.05) is 6.07 Å². The SMILES string of the molecule is CCOc1cc(C)ccc1NC(=O)c1ccc(=O)n(-c2ccccc2)n1. The number of amides is 1. The van der Waals surface area contributed by atoms with E-state index in [4.69, 9.17) is 4.74 Å². The summed E-state index contributed by atoms with van der Waals surface area (Å²) in [4.78, 5) is 24.7. The van der Waals surface area contributed by atoms with E-state index in [-0.39, 0.29) is 11.3 Å². The number of hydrogen-bond donors (Lipinski definition) is 1. The number of carbonyl (C=O) groups is 1. The van der Waals surface area contributed by atoms with Crippen molar-refractivity contribution in [2.24, 2.45) is 0 Å². The molecule has 0 aliphatic heterocycles. The van der Waals surface area contributed by atoms with Crippen LogP contribution >= 0.6 is 0 Å². The number of nitrogens with one attached hydrogen (secondary N) is 1. The normalized spacial score (nSPS) is 10.4. The lowest BCUT2D eigenvalue weighted by Crippen LogP contribution is -2.25. The number of nitrogens with zero attached hydrogens (tertiary/aromatic N) is 2. The summed E-state index contributed by atoms with van der Waals surface area (Å²) in [6.07, 6.45) is 0. The number of carbonyl (C=O) groups excluding carboxylic acids is 1. The van der Waals surface area contributed by atoms with Crippen molar-refractivity contribution < 1.29 is 9.53 Å². The van der Waals surface area contributed by atoms with Gasteiger partial charge in [-0.25, -0.2) is 0 Å². The predicted octanol–water partition coefficient (Wildman–Crippen LogP) is 3.19. The summed E-state index contributed by atoms with van der Waals surface area (Å²) >= 11 is 0. The maximum atomic E-state index is 12.6. The Morgan fingerprint density at radius 2 is 1.88 bits per heavy atom. The molecule has 1 heterocycles. The molecule has 0 spiro atoms. The van der Waals surface area contributed by atoms with Gasteiger partial charge in [-0.1, -0.05) is 24.3 Å². The molecule has 3 rings (SSSR count). The van der Waals surface area contributed by atoms with Gasteiger partial charge in [-0.05, 0) is 49.7 Å². The molecule has 26 heavy (non-hydrogen) atoms. The van der Waals surface area contributed by atoms with E-state index in [1.165, 1.54) is 16.8 Å². The van der Waals surface area contributed by atoms with Gasteiger partial charge in [0.05, 0.1) is 18.0 Å². The van der Waals surface area contributed by atoms with Crippen LogP contribution in [-0.4, -0.2) is 22.3 Å². The van der Waals surface area contributed by atoms with Crippen LogP contribution in [0.5, 0.6) is 5.75 Å². The summed E-state index contributed by atoms with van der Waals surface area (Å²) in [5.74, 6) is 0.178.